The van der Waals surface area contributed by atoms with Crippen molar-refractivity contribution in [1.29, 1.82) is 0 Å². The van der Waals surface area contributed by atoms with Gasteiger partial charge in [-0.2, -0.15) is 0 Å². The lowest BCUT2D eigenvalue weighted by molar-refractivity contribution is -0.134. The number of allylic oxidation sites excluding steroid dienone is 3. The minimum atomic E-state index is -0.417. The van der Waals surface area contributed by atoms with Crippen LogP contribution in [0.2, 0.25) is 0 Å². The summed E-state index contributed by atoms with van der Waals surface area (Å²) in [6.45, 7) is 9.44. The molecule has 0 heterocycles. The third-order valence-electron chi connectivity index (χ3n) is 6.23. The molecule has 1 unspecified atom stereocenters. The molecule has 2 heteroatoms. The van der Waals surface area contributed by atoms with Gasteiger partial charge in [0.15, 0.2) is 0 Å². The number of aryl methyl sites for hydroxylation is 1. The van der Waals surface area contributed by atoms with E-state index in [4.69, 9.17) is 4.74 Å². The fourth-order valence-electron chi connectivity index (χ4n) is 3.68. The van der Waals surface area contributed by atoms with Gasteiger partial charge in [0, 0.05) is 33.4 Å². The summed E-state index contributed by atoms with van der Waals surface area (Å²) in [6, 6.07) is 24.3. The Bertz CT molecular complexity index is 1610. The van der Waals surface area contributed by atoms with Crippen LogP contribution in [-0.4, -0.2) is 5.97 Å². The summed E-state index contributed by atoms with van der Waals surface area (Å²) < 4.78 is 5.29. The van der Waals surface area contributed by atoms with Crippen molar-refractivity contribution in [3.63, 3.8) is 0 Å². The number of ether oxygens (including phenoxy) is 1. The van der Waals surface area contributed by atoms with Crippen molar-refractivity contribution in [3.05, 3.63) is 142 Å². The van der Waals surface area contributed by atoms with Gasteiger partial charge in [0.2, 0.25) is 0 Å². The van der Waals surface area contributed by atoms with Gasteiger partial charge in [0.05, 0.1) is 5.41 Å². The zero-order valence-electron chi connectivity index (χ0n) is 22.6. The third-order valence-corrected chi connectivity index (χ3v) is 6.23. The number of rotatable bonds is 3. The van der Waals surface area contributed by atoms with Crippen LogP contribution >= 0.6 is 0 Å². The lowest BCUT2D eigenvalue weighted by Gasteiger charge is -2.21. The predicted molar refractivity (Wildman–Crippen MR) is 158 cm³/mol. The van der Waals surface area contributed by atoms with E-state index in [1.165, 1.54) is 5.56 Å². The first-order valence-electron chi connectivity index (χ1n) is 13.0. The average Bonchev–Trinajstić information content (AvgIpc) is 2.96. The number of hydrogen-bond acceptors (Lipinski definition) is 2. The Kier molecular flexibility index (Phi) is 8.69. The first kappa shape index (κ1) is 27.1. The maximum absolute atomic E-state index is 11.7. The molecule has 3 aromatic rings. The minimum Gasteiger partial charge on any atom is -0.424 e. The first-order chi connectivity index (χ1) is 18.8. The molecule has 0 fully saturated rings. The van der Waals surface area contributed by atoms with Crippen LogP contribution in [0.5, 0.6) is 0 Å². The standard InChI is InChI=1S/C37H30O2/c1-5-29-6-8-30(9-7-29)10-11-31-12-14-32(15-13-31)16-17-33-18-20-34(21-19-33)22-25-37(4)26-23-35(24-27-37)39-36(38)28(2)3/h6-9,12-15,18-21,23-24,26H,2,5,27H2,1,3-4H3. The monoisotopic (exact) mass is 506 g/mol. The van der Waals surface area contributed by atoms with Crippen LogP contribution in [0.3, 0.4) is 0 Å². The Morgan fingerprint density at radius 1 is 0.795 bits per heavy atom. The van der Waals surface area contributed by atoms with Crippen LogP contribution in [0.25, 0.3) is 0 Å². The molecule has 0 aromatic heterocycles. The van der Waals surface area contributed by atoms with E-state index < -0.39 is 5.97 Å². The lowest BCUT2D eigenvalue weighted by atomic mass is 9.84. The number of carbonyl (C=O) groups excluding carboxylic acids is 1. The van der Waals surface area contributed by atoms with E-state index in [0.29, 0.717) is 17.8 Å². The molecule has 190 valence electrons. The first-order valence-corrected chi connectivity index (χ1v) is 13.0. The van der Waals surface area contributed by atoms with Crippen LogP contribution in [-0.2, 0) is 16.0 Å². The Morgan fingerprint density at radius 3 is 1.62 bits per heavy atom. The smallest absolute Gasteiger partial charge is 0.338 e. The molecule has 3 aromatic carbocycles. The van der Waals surface area contributed by atoms with Crippen molar-refractivity contribution in [3.8, 4) is 35.5 Å². The van der Waals surface area contributed by atoms with Gasteiger partial charge >= 0.3 is 5.97 Å². The molecule has 0 N–H and O–H groups in total. The average molecular weight is 507 g/mol. The molecule has 0 radical (unpaired) electrons. The summed E-state index contributed by atoms with van der Waals surface area (Å²) >= 11 is 0. The van der Waals surface area contributed by atoms with Gasteiger partial charge in [0.25, 0.3) is 0 Å². The van der Waals surface area contributed by atoms with Crippen molar-refractivity contribution in [1.82, 2.24) is 0 Å². The molecule has 39 heavy (non-hydrogen) atoms. The summed E-state index contributed by atoms with van der Waals surface area (Å²) in [7, 11) is 0. The van der Waals surface area contributed by atoms with Crippen LogP contribution in [0, 0.1) is 40.9 Å². The Morgan fingerprint density at radius 2 is 1.23 bits per heavy atom. The van der Waals surface area contributed by atoms with Crippen molar-refractivity contribution < 1.29 is 9.53 Å². The van der Waals surface area contributed by atoms with Gasteiger partial charge in [-0.15, -0.1) is 0 Å². The van der Waals surface area contributed by atoms with E-state index in [2.05, 4.69) is 80.2 Å². The van der Waals surface area contributed by atoms with E-state index >= 15 is 0 Å². The summed E-state index contributed by atoms with van der Waals surface area (Å²) in [5.41, 5.74) is 6.13. The van der Waals surface area contributed by atoms with Gasteiger partial charge in [-0.05, 0) is 105 Å². The van der Waals surface area contributed by atoms with E-state index in [-0.39, 0.29) is 5.41 Å². The molecule has 0 saturated carbocycles. The van der Waals surface area contributed by atoms with Crippen molar-refractivity contribution in [2.75, 3.05) is 0 Å². The summed E-state index contributed by atoms with van der Waals surface area (Å²) in [5.74, 6) is 19.6. The highest BCUT2D eigenvalue weighted by atomic mass is 16.5. The SMILES string of the molecule is C=C(C)C(=O)OC1=CCC(C)(C#Cc2ccc(C#Cc3ccc(C#Cc4ccc(CC)cc4)cc3)cc2)C=C1. The van der Waals surface area contributed by atoms with Crippen LogP contribution < -0.4 is 0 Å². The third kappa shape index (κ3) is 8.01. The van der Waals surface area contributed by atoms with Gasteiger partial charge in [-0.25, -0.2) is 4.79 Å². The maximum Gasteiger partial charge on any atom is 0.338 e. The maximum atomic E-state index is 11.7. The van der Waals surface area contributed by atoms with E-state index in [1.54, 1.807) is 13.0 Å². The number of hydrogen-bond donors (Lipinski definition) is 0. The quantitative estimate of drug-likeness (QED) is 0.211. The highest BCUT2D eigenvalue weighted by molar-refractivity contribution is 5.87. The number of carbonyl (C=O) groups is 1. The molecule has 0 bridgehead atoms. The number of esters is 1. The minimum absolute atomic E-state index is 0.326. The second kappa shape index (κ2) is 12.5. The molecule has 1 aliphatic carbocycles. The summed E-state index contributed by atoms with van der Waals surface area (Å²) in [6.07, 6.45) is 7.35. The molecule has 0 amide bonds. The highest BCUT2D eigenvalue weighted by Gasteiger charge is 2.21. The summed E-state index contributed by atoms with van der Waals surface area (Å²) in [4.78, 5) is 11.7. The van der Waals surface area contributed by atoms with E-state index in [0.717, 1.165) is 34.2 Å². The van der Waals surface area contributed by atoms with E-state index in [9.17, 15) is 4.79 Å². The molecule has 1 atom stereocenters. The van der Waals surface area contributed by atoms with Gasteiger partial charge in [0.1, 0.15) is 5.76 Å². The van der Waals surface area contributed by atoms with Crippen LogP contribution in [0.4, 0.5) is 0 Å². The zero-order chi connectivity index (χ0) is 27.7. The Labute approximate surface area is 232 Å². The van der Waals surface area contributed by atoms with Gasteiger partial charge in [-0.1, -0.05) is 67.2 Å². The van der Waals surface area contributed by atoms with Crippen molar-refractivity contribution >= 4 is 5.97 Å². The fourth-order valence-corrected chi connectivity index (χ4v) is 3.68. The molecular formula is C37H30O2. The van der Waals surface area contributed by atoms with Crippen LogP contribution in [0.1, 0.15) is 60.6 Å². The second-order valence-electron chi connectivity index (χ2n) is 9.69. The van der Waals surface area contributed by atoms with Gasteiger partial charge in [-0.3, -0.25) is 0 Å². The predicted octanol–water partition coefficient (Wildman–Crippen LogP) is 7.37. The molecule has 2 nitrogen and oxygen atoms in total. The fraction of sp³-hybridized carbons (Fsp3) is 0.162. The molecule has 0 aliphatic heterocycles. The molecule has 4 rings (SSSR count). The van der Waals surface area contributed by atoms with E-state index in [1.807, 2.05) is 60.7 Å². The second-order valence-corrected chi connectivity index (χ2v) is 9.69. The zero-order valence-corrected chi connectivity index (χ0v) is 22.6. The largest absolute Gasteiger partial charge is 0.424 e. The molecule has 0 spiro atoms. The molecular weight excluding hydrogens is 476 g/mol. The normalized spacial score (nSPS) is 15.3. The molecule has 1 aliphatic rings. The van der Waals surface area contributed by atoms with Crippen molar-refractivity contribution in [2.24, 2.45) is 5.41 Å². The van der Waals surface area contributed by atoms with Gasteiger partial charge < -0.3 is 4.74 Å². The van der Waals surface area contributed by atoms with Crippen molar-refractivity contribution in [2.45, 2.75) is 33.6 Å². The molecule has 0 saturated heterocycles. The topological polar surface area (TPSA) is 26.3 Å². The summed E-state index contributed by atoms with van der Waals surface area (Å²) in [5, 5.41) is 0. The Hall–Kier alpha value is -4.97. The number of benzene rings is 3. The lowest BCUT2D eigenvalue weighted by Crippen LogP contribution is -2.14. The highest BCUT2D eigenvalue weighted by Crippen LogP contribution is 2.29. The van der Waals surface area contributed by atoms with Crippen LogP contribution in [0.15, 0.2) is 109 Å². The Balaban J connectivity index is 1.34.